The van der Waals surface area contributed by atoms with Crippen LogP contribution in [0, 0.1) is 6.92 Å². The minimum atomic E-state index is 0.109. The molecule has 0 aliphatic heterocycles. The predicted molar refractivity (Wildman–Crippen MR) is 70.8 cm³/mol. The molecule has 2 aromatic heterocycles. The Bertz CT molecular complexity index is 537. The Morgan fingerprint density at radius 2 is 1.94 bits per heavy atom. The summed E-state index contributed by atoms with van der Waals surface area (Å²) >= 11 is 5.85. The summed E-state index contributed by atoms with van der Waals surface area (Å²) in [6.45, 7) is 5.82. The van der Waals surface area contributed by atoms with E-state index in [1.807, 2.05) is 32.9 Å². The van der Waals surface area contributed by atoms with Gasteiger partial charge in [-0.15, -0.1) is 0 Å². The monoisotopic (exact) mass is 263 g/mol. The van der Waals surface area contributed by atoms with Crippen LogP contribution >= 0.6 is 11.6 Å². The highest BCUT2D eigenvalue weighted by Gasteiger charge is 2.06. The molecule has 0 saturated heterocycles. The summed E-state index contributed by atoms with van der Waals surface area (Å²) in [5.74, 6) is 0.717. The zero-order valence-electron chi connectivity index (χ0n) is 10.5. The van der Waals surface area contributed by atoms with Gasteiger partial charge in [0.05, 0.1) is 18.0 Å². The van der Waals surface area contributed by atoms with Gasteiger partial charge in [-0.3, -0.25) is 4.98 Å². The summed E-state index contributed by atoms with van der Waals surface area (Å²) in [6.07, 6.45) is 3.52. The molecule has 5 heteroatoms. The van der Waals surface area contributed by atoms with Crippen LogP contribution in [0.2, 0.25) is 5.28 Å². The van der Waals surface area contributed by atoms with Crippen molar-refractivity contribution in [3.05, 3.63) is 35.5 Å². The summed E-state index contributed by atoms with van der Waals surface area (Å²) in [4.78, 5) is 12.4. The lowest BCUT2D eigenvalue weighted by Gasteiger charge is -2.10. The van der Waals surface area contributed by atoms with Gasteiger partial charge in [-0.1, -0.05) is 0 Å². The zero-order valence-corrected chi connectivity index (χ0v) is 11.3. The number of ether oxygens (including phenoxy) is 1. The molecule has 0 bridgehead atoms. The zero-order chi connectivity index (χ0) is 13.1. The van der Waals surface area contributed by atoms with E-state index in [0.29, 0.717) is 0 Å². The summed E-state index contributed by atoms with van der Waals surface area (Å²) in [5, 5.41) is 0.236. The summed E-state index contributed by atoms with van der Waals surface area (Å²) in [6, 6.07) is 3.76. The molecule has 0 atom stereocenters. The summed E-state index contributed by atoms with van der Waals surface area (Å²) in [7, 11) is 0. The lowest BCUT2D eigenvalue weighted by atomic mass is 10.2. The molecule has 4 nitrogen and oxygen atoms in total. The number of hydrogen-bond donors (Lipinski definition) is 0. The van der Waals surface area contributed by atoms with E-state index in [4.69, 9.17) is 16.3 Å². The Hall–Kier alpha value is -1.68. The lowest BCUT2D eigenvalue weighted by Crippen LogP contribution is -2.05. The Morgan fingerprint density at radius 3 is 2.61 bits per heavy atom. The van der Waals surface area contributed by atoms with E-state index in [1.54, 1.807) is 12.4 Å². The quantitative estimate of drug-likeness (QED) is 0.798. The van der Waals surface area contributed by atoms with Crippen molar-refractivity contribution in [2.24, 2.45) is 0 Å². The number of hydrogen-bond acceptors (Lipinski definition) is 4. The molecule has 0 saturated carbocycles. The third-order valence-electron chi connectivity index (χ3n) is 2.21. The molecule has 0 N–H and O–H groups in total. The third-order valence-corrected chi connectivity index (χ3v) is 2.38. The second kappa shape index (κ2) is 5.31. The first-order valence-corrected chi connectivity index (χ1v) is 6.05. The van der Waals surface area contributed by atoms with E-state index < -0.39 is 0 Å². The number of aromatic nitrogens is 3. The van der Waals surface area contributed by atoms with Crippen molar-refractivity contribution < 1.29 is 4.74 Å². The van der Waals surface area contributed by atoms with Crippen molar-refractivity contribution in [3.63, 3.8) is 0 Å². The standard InChI is InChI=1S/C13H14ClN3O/c1-8(2)18-11-5-10(6-15-7-11)12-4-9(3)16-13(14)17-12/h4-8H,1-3H3. The Labute approximate surface area is 111 Å². The van der Waals surface area contributed by atoms with Crippen molar-refractivity contribution in [2.75, 3.05) is 0 Å². The number of rotatable bonds is 3. The molecule has 0 radical (unpaired) electrons. The van der Waals surface area contributed by atoms with Crippen LogP contribution in [0.4, 0.5) is 0 Å². The molecule has 0 aromatic carbocycles. The fourth-order valence-corrected chi connectivity index (χ4v) is 1.80. The van der Waals surface area contributed by atoms with E-state index in [-0.39, 0.29) is 11.4 Å². The van der Waals surface area contributed by atoms with Gasteiger partial charge in [-0.25, -0.2) is 9.97 Å². The van der Waals surface area contributed by atoms with Crippen molar-refractivity contribution in [2.45, 2.75) is 26.9 Å². The van der Waals surface area contributed by atoms with Gasteiger partial charge in [0, 0.05) is 17.5 Å². The second-order valence-corrected chi connectivity index (χ2v) is 4.58. The molecule has 0 amide bonds. The number of aryl methyl sites for hydroxylation is 1. The molecule has 94 valence electrons. The van der Waals surface area contributed by atoms with Gasteiger partial charge >= 0.3 is 0 Å². The highest BCUT2D eigenvalue weighted by molar-refractivity contribution is 6.28. The van der Waals surface area contributed by atoms with Crippen LogP contribution in [0.3, 0.4) is 0 Å². The first-order chi connectivity index (χ1) is 8.54. The van der Waals surface area contributed by atoms with Gasteiger partial charge in [0.2, 0.25) is 5.28 Å². The SMILES string of the molecule is Cc1cc(-c2cncc(OC(C)C)c2)nc(Cl)n1. The van der Waals surface area contributed by atoms with Crippen molar-refractivity contribution in [3.8, 4) is 17.0 Å². The van der Waals surface area contributed by atoms with Crippen molar-refractivity contribution in [1.82, 2.24) is 15.0 Å². The molecule has 2 heterocycles. The van der Waals surface area contributed by atoms with Crippen molar-refractivity contribution in [1.29, 1.82) is 0 Å². The maximum atomic E-state index is 5.85. The van der Waals surface area contributed by atoms with E-state index >= 15 is 0 Å². The molecule has 0 aliphatic carbocycles. The van der Waals surface area contributed by atoms with Gasteiger partial charge in [0.15, 0.2) is 0 Å². The first kappa shape index (κ1) is 12.8. The molecule has 0 spiro atoms. The van der Waals surface area contributed by atoms with Gasteiger partial charge < -0.3 is 4.74 Å². The smallest absolute Gasteiger partial charge is 0.223 e. The largest absolute Gasteiger partial charge is 0.489 e. The molecular weight excluding hydrogens is 250 g/mol. The highest BCUT2D eigenvalue weighted by atomic mass is 35.5. The van der Waals surface area contributed by atoms with Gasteiger partial charge in [0.1, 0.15) is 5.75 Å². The van der Waals surface area contributed by atoms with Crippen LogP contribution in [-0.4, -0.2) is 21.1 Å². The molecule has 0 unspecified atom stereocenters. The second-order valence-electron chi connectivity index (χ2n) is 4.24. The number of pyridine rings is 1. The van der Waals surface area contributed by atoms with E-state index in [2.05, 4.69) is 15.0 Å². The van der Waals surface area contributed by atoms with Gasteiger partial charge in [0.25, 0.3) is 0 Å². The third kappa shape index (κ3) is 3.17. The fraction of sp³-hybridized carbons (Fsp3) is 0.308. The van der Waals surface area contributed by atoms with Crippen LogP contribution in [-0.2, 0) is 0 Å². The molecule has 0 aliphatic rings. The summed E-state index contributed by atoms with van der Waals surface area (Å²) in [5.41, 5.74) is 2.43. The normalized spacial score (nSPS) is 10.7. The molecule has 18 heavy (non-hydrogen) atoms. The lowest BCUT2D eigenvalue weighted by molar-refractivity contribution is 0.241. The Morgan fingerprint density at radius 1 is 1.17 bits per heavy atom. The van der Waals surface area contributed by atoms with E-state index in [0.717, 1.165) is 22.7 Å². The number of nitrogens with zero attached hydrogens (tertiary/aromatic N) is 3. The van der Waals surface area contributed by atoms with Gasteiger partial charge in [-0.05, 0) is 44.5 Å². The van der Waals surface area contributed by atoms with Crippen LogP contribution < -0.4 is 4.74 Å². The van der Waals surface area contributed by atoms with Crippen molar-refractivity contribution >= 4 is 11.6 Å². The average molecular weight is 264 g/mol. The minimum absolute atomic E-state index is 0.109. The van der Waals surface area contributed by atoms with Gasteiger partial charge in [-0.2, -0.15) is 0 Å². The Balaban J connectivity index is 2.38. The summed E-state index contributed by atoms with van der Waals surface area (Å²) < 4.78 is 5.60. The molecule has 2 aromatic rings. The molecule has 2 rings (SSSR count). The number of halogens is 1. The maximum absolute atomic E-state index is 5.85. The van der Waals surface area contributed by atoms with E-state index in [9.17, 15) is 0 Å². The van der Waals surface area contributed by atoms with Crippen LogP contribution in [0.5, 0.6) is 5.75 Å². The molecule has 0 fully saturated rings. The fourth-order valence-electron chi connectivity index (χ4n) is 1.58. The van der Waals surface area contributed by atoms with Crippen LogP contribution in [0.15, 0.2) is 24.5 Å². The predicted octanol–water partition coefficient (Wildman–Crippen LogP) is 3.29. The maximum Gasteiger partial charge on any atom is 0.223 e. The Kier molecular flexibility index (Phi) is 3.77. The topological polar surface area (TPSA) is 47.9 Å². The van der Waals surface area contributed by atoms with E-state index in [1.165, 1.54) is 0 Å². The minimum Gasteiger partial charge on any atom is -0.489 e. The first-order valence-electron chi connectivity index (χ1n) is 5.68. The van der Waals surface area contributed by atoms with Crippen LogP contribution in [0.25, 0.3) is 11.3 Å². The molecular formula is C13H14ClN3O. The highest BCUT2D eigenvalue weighted by Crippen LogP contribution is 2.22. The van der Waals surface area contributed by atoms with Crippen LogP contribution in [0.1, 0.15) is 19.5 Å². The average Bonchev–Trinajstić information content (AvgIpc) is 2.27.